The molecule has 6 heteroatoms. The number of ether oxygens (including phenoxy) is 1. The molecular weight excluding hydrogens is 314 g/mol. The fourth-order valence-corrected chi connectivity index (χ4v) is 2.11. The van der Waals surface area contributed by atoms with Crippen LogP contribution in [0.15, 0.2) is 42.6 Å². The number of nitrogens with one attached hydrogen (secondary N) is 1. The Morgan fingerprint density at radius 1 is 1.39 bits per heavy atom. The molecule has 23 heavy (non-hydrogen) atoms. The smallest absolute Gasteiger partial charge is 0.219 e. The van der Waals surface area contributed by atoms with Crippen molar-refractivity contribution >= 4 is 29.3 Å². The van der Waals surface area contributed by atoms with Gasteiger partial charge in [0.2, 0.25) is 11.8 Å². The molecule has 0 bridgehead atoms. The molecule has 1 heterocycles. The number of amides is 1. The Balaban J connectivity index is 2.02. The van der Waals surface area contributed by atoms with Crippen LogP contribution in [0.4, 0.5) is 5.69 Å². The van der Waals surface area contributed by atoms with Crippen LogP contribution in [-0.4, -0.2) is 16.9 Å². The van der Waals surface area contributed by atoms with Crippen molar-refractivity contribution in [3.05, 3.63) is 53.2 Å². The third kappa shape index (κ3) is 5.30. The second-order valence-electron chi connectivity index (χ2n) is 5.07. The molecule has 0 fully saturated rings. The normalized spacial score (nSPS) is 12.1. The highest BCUT2D eigenvalue weighted by atomic mass is 35.5. The van der Waals surface area contributed by atoms with Gasteiger partial charge in [0.15, 0.2) is 0 Å². The summed E-state index contributed by atoms with van der Waals surface area (Å²) in [5.74, 6) is 0.865. The molecule has 0 radical (unpaired) electrons. The molecule has 0 aliphatic rings. The highest BCUT2D eigenvalue weighted by Crippen LogP contribution is 2.29. The minimum absolute atomic E-state index is 0.0444. The van der Waals surface area contributed by atoms with Crippen molar-refractivity contribution in [1.29, 1.82) is 0 Å². The van der Waals surface area contributed by atoms with E-state index in [4.69, 9.17) is 22.1 Å². The van der Waals surface area contributed by atoms with Crippen molar-refractivity contribution in [2.75, 3.05) is 5.73 Å². The summed E-state index contributed by atoms with van der Waals surface area (Å²) < 4.78 is 5.62. The fraction of sp³-hybridized carbons (Fsp3) is 0.176. The van der Waals surface area contributed by atoms with Crippen LogP contribution in [0.3, 0.4) is 0 Å². The first-order chi connectivity index (χ1) is 10.9. The Bertz CT molecular complexity index is 714. The van der Waals surface area contributed by atoms with Gasteiger partial charge in [0.05, 0.1) is 5.02 Å². The summed E-state index contributed by atoms with van der Waals surface area (Å²) in [5, 5.41) is 3.20. The molecule has 1 aromatic heterocycles. The van der Waals surface area contributed by atoms with E-state index in [0.29, 0.717) is 22.3 Å². The Morgan fingerprint density at radius 2 is 2.17 bits per heavy atom. The van der Waals surface area contributed by atoms with Crippen molar-refractivity contribution in [1.82, 2.24) is 10.3 Å². The lowest BCUT2D eigenvalue weighted by atomic mass is 10.2. The van der Waals surface area contributed by atoms with Crippen LogP contribution in [0, 0.1) is 0 Å². The van der Waals surface area contributed by atoms with Crippen LogP contribution in [-0.2, 0) is 4.79 Å². The number of carbonyl (C=O) groups excluding carboxylic acids is 1. The first kappa shape index (κ1) is 16.8. The van der Waals surface area contributed by atoms with Gasteiger partial charge in [0.1, 0.15) is 5.75 Å². The summed E-state index contributed by atoms with van der Waals surface area (Å²) >= 11 is 6.06. The summed E-state index contributed by atoms with van der Waals surface area (Å²) in [6, 6.07) is 8.60. The van der Waals surface area contributed by atoms with Crippen molar-refractivity contribution in [2.24, 2.45) is 0 Å². The lowest BCUT2D eigenvalue weighted by molar-refractivity contribution is -0.119. The standard InChI is InChI=1S/C17H18ClN3O2/c1-11(21-12(2)22)3-4-13-5-8-17(20-10-13)23-16-7-6-14(19)9-15(16)18/h3-11H,19H2,1-2H3,(H,21,22)/b4-3+/t11-/m0/s1. The molecule has 2 rings (SSSR count). The number of hydrogen-bond acceptors (Lipinski definition) is 4. The van der Waals surface area contributed by atoms with Crippen molar-refractivity contribution < 1.29 is 9.53 Å². The van der Waals surface area contributed by atoms with Crippen molar-refractivity contribution in [3.63, 3.8) is 0 Å². The van der Waals surface area contributed by atoms with Gasteiger partial charge in [0, 0.05) is 30.9 Å². The summed E-state index contributed by atoms with van der Waals surface area (Å²) in [6.07, 6.45) is 5.45. The maximum Gasteiger partial charge on any atom is 0.219 e. The van der Waals surface area contributed by atoms with Crippen LogP contribution >= 0.6 is 11.6 Å². The number of benzene rings is 1. The lowest BCUT2D eigenvalue weighted by Gasteiger charge is -2.08. The van der Waals surface area contributed by atoms with Gasteiger partial charge in [-0.3, -0.25) is 4.79 Å². The molecule has 0 spiro atoms. The van der Waals surface area contributed by atoms with Gasteiger partial charge in [-0.25, -0.2) is 4.98 Å². The number of nitrogens with two attached hydrogens (primary N) is 1. The van der Waals surface area contributed by atoms with Gasteiger partial charge in [-0.15, -0.1) is 0 Å². The molecule has 0 saturated carbocycles. The minimum atomic E-state index is -0.0654. The molecule has 0 aliphatic heterocycles. The molecule has 0 aliphatic carbocycles. The molecular formula is C17H18ClN3O2. The Hall–Kier alpha value is -2.53. The highest BCUT2D eigenvalue weighted by molar-refractivity contribution is 6.32. The summed E-state index contributed by atoms with van der Waals surface area (Å²) in [4.78, 5) is 15.2. The molecule has 5 nitrogen and oxygen atoms in total. The highest BCUT2D eigenvalue weighted by Gasteiger charge is 2.04. The summed E-state index contributed by atoms with van der Waals surface area (Å²) in [6.45, 7) is 3.38. The van der Waals surface area contributed by atoms with Gasteiger partial charge < -0.3 is 15.8 Å². The number of hydrogen-bond donors (Lipinski definition) is 2. The quantitative estimate of drug-likeness (QED) is 0.820. The predicted octanol–water partition coefficient (Wildman–Crippen LogP) is 3.65. The van der Waals surface area contributed by atoms with Gasteiger partial charge in [-0.05, 0) is 36.8 Å². The second-order valence-corrected chi connectivity index (χ2v) is 5.48. The lowest BCUT2D eigenvalue weighted by Crippen LogP contribution is -2.28. The fourth-order valence-electron chi connectivity index (χ4n) is 1.89. The summed E-state index contributed by atoms with van der Waals surface area (Å²) in [5.41, 5.74) is 7.11. The number of nitrogens with zero attached hydrogens (tertiary/aromatic N) is 1. The van der Waals surface area contributed by atoms with Crippen LogP contribution in [0.2, 0.25) is 5.02 Å². The molecule has 0 unspecified atom stereocenters. The van der Waals surface area contributed by atoms with E-state index in [1.165, 1.54) is 6.92 Å². The Labute approximate surface area is 140 Å². The second kappa shape index (κ2) is 7.65. The van der Waals surface area contributed by atoms with E-state index in [0.717, 1.165) is 5.56 Å². The molecule has 1 amide bonds. The number of pyridine rings is 1. The van der Waals surface area contributed by atoms with Crippen molar-refractivity contribution in [2.45, 2.75) is 19.9 Å². The topological polar surface area (TPSA) is 77.2 Å². The average molecular weight is 332 g/mol. The van der Waals surface area contributed by atoms with E-state index in [1.54, 1.807) is 30.5 Å². The first-order valence-corrected chi connectivity index (χ1v) is 7.46. The number of halogens is 1. The number of carbonyl (C=O) groups is 1. The van der Waals surface area contributed by atoms with Gasteiger partial charge in [-0.2, -0.15) is 0 Å². The predicted molar refractivity (Wildman–Crippen MR) is 92.5 cm³/mol. The monoisotopic (exact) mass is 331 g/mol. The maximum atomic E-state index is 10.9. The Kier molecular flexibility index (Phi) is 5.60. The number of nitrogen functional groups attached to an aromatic ring is 1. The summed E-state index contributed by atoms with van der Waals surface area (Å²) in [7, 11) is 0. The number of aromatic nitrogens is 1. The van der Waals surface area contributed by atoms with Gasteiger partial charge in [-0.1, -0.05) is 23.8 Å². The zero-order valence-electron chi connectivity index (χ0n) is 12.9. The molecule has 3 N–H and O–H groups in total. The van der Waals surface area contributed by atoms with E-state index >= 15 is 0 Å². The molecule has 1 aromatic carbocycles. The molecule has 0 saturated heterocycles. The van der Waals surface area contributed by atoms with Gasteiger partial charge >= 0.3 is 0 Å². The third-order valence-electron chi connectivity index (χ3n) is 2.94. The molecule has 120 valence electrons. The van der Waals surface area contributed by atoms with Crippen LogP contribution < -0.4 is 15.8 Å². The number of anilines is 1. The maximum absolute atomic E-state index is 10.9. The molecule has 1 atom stereocenters. The van der Waals surface area contributed by atoms with Crippen LogP contribution in [0.5, 0.6) is 11.6 Å². The van der Waals surface area contributed by atoms with Crippen LogP contribution in [0.1, 0.15) is 19.4 Å². The van der Waals surface area contributed by atoms with E-state index in [-0.39, 0.29) is 11.9 Å². The third-order valence-corrected chi connectivity index (χ3v) is 3.23. The largest absolute Gasteiger partial charge is 0.437 e. The number of rotatable bonds is 5. The zero-order valence-corrected chi connectivity index (χ0v) is 13.7. The van der Waals surface area contributed by atoms with E-state index in [2.05, 4.69) is 10.3 Å². The average Bonchev–Trinajstić information content (AvgIpc) is 2.49. The van der Waals surface area contributed by atoms with E-state index in [9.17, 15) is 4.79 Å². The van der Waals surface area contributed by atoms with E-state index in [1.807, 2.05) is 25.1 Å². The van der Waals surface area contributed by atoms with Gasteiger partial charge in [0.25, 0.3) is 0 Å². The van der Waals surface area contributed by atoms with Crippen molar-refractivity contribution in [3.8, 4) is 11.6 Å². The zero-order chi connectivity index (χ0) is 16.8. The van der Waals surface area contributed by atoms with Crippen LogP contribution in [0.25, 0.3) is 6.08 Å². The SMILES string of the molecule is CC(=O)N[C@@H](C)/C=C/c1ccc(Oc2ccc(N)cc2Cl)nc1. The first-order valence-electron chi connectivity index (χ1n) is 7.08. The minimum Gasteiger partial charge on any atom is -0.437 e. The van der Waals surface area contributed by atoms with E-state index < -0.39 is 0 Å². The Morgan fingerprint density at radius 3 is 2.78 bits per heavy atom. The molecule has 2 aromatic rings.